The number of hydrogen-bond acceptors (Lipinski definition) is 5. The Bertz CT molecular complexity index is 1200. The summed E-state index contributed by atoms with van der Waals surface area (Å²) in [5, 5.41) is 9.18. The van der Waals surface area contributed by atoms with Gasteiger partial charge in [-0.15, -0.1) is 0 Å². The Kier molecular flexibility index (Phi) is 7.33. The molecular formula is C21H19ClF3N5O2S. The van der Waals surface area contributed by atoms with E-state index >= 15 is 0 Å². The fourth-order valence-electron chi connectivity index (χ4n) is 3.03. The maximum atomic E-state index is 12.7. The van der Waals surface area contributed by atoms with Crippen LogP contribution >= 0.6 is 23.4 Å². The Morgan fingerprint density at radius 2 is 1.88 bits per heavy atom. The number of aromatic nitrogens is 3. The Balaban J connectivity index is 1.72. The zero-order chi connectivity index (χ0) is 24.3. The molecule has 0 saturated carbocycles. The van der Waals surface area contributed by atoms with Crippen molar-refractivity contribution in [2.24, 2.45) is 0 Å². The number of nitrogens with zero attached hydrogens (tertiary/aromatic N) is 3. The molecule has 174 valence electrons. The summed E-state index contributed by atoms with van der Waals surface area (Å²) in [4.78, 5) is 28.8. The largest absolute Gasteiger partial charge is 0.447 e. The van der Waals surface area contributed by atoms with Crippen LogP contribution in [0.5, 0.6) is 0 Å². The molecule has 2 heterocycles. The third kappa shape index (κ3) is 6.26. The van der Waals surface area contributed by atoms with Crippen molar-refractivity contribution in [1.29, 1.82) is 0 Å². The maximum Gasteiger partial charge on any atom is 0.447 e. The third-order valence-corrected chi connectivity index (χ3v) is 5.57. The predicted octanol–water partition coefficient (Wildman–Crippen LogP) is 5.61. The van der Waals surface area contributed by atoms with E-state index in [1.165, 1.54) is 36.5 Å². The zero-order valence-corrected chi connectivity index (χ0v) is 19.3. The molecule has 0 spiro atoms. The number of thioether (sulfide) groups is 1. The molecule has 0 bridgehead atoms. The highest BCUT2D eigenvalue weighted by molar-refractivity contribution is 8.00. The number of aryl methyl sites for hydroxylation is 2. The molecule has 0 aliphatic heterocycles. The van der Waals surface area contributed by atoms with E-state index in [1.807, 2.05) is 19.9 Å². The number of hydrogen-bond donors (Lipinski definition) is 2. The van der Waals surface area contributed by atoms with E-state index in [2.05, 4.69) is 20.7 Å². The SMILES string of the molecule is Cc1cc(C)n(C(C)C(=O)Nc2ccc(NC(=O)c3cccnc3SC(F)(F)F)cc2Cl)n1. The van der Waals surface area contributed by atoms with Crippen molar-refractivity contribution in [3.63, 3.8) is 0 Å². The highest BCUT2D eigenvalue weighted by Crippen LogP contribution is 2.37. The standard InChI is InChI=1S/C21H19ClF3N5O2S/c1-11-9-12(2)30(29-11)13(3)18(31)28-17-7-6-14(10-16(17)22)27-19(32)15-5-4-8-26-20(15)33-21(23,24)25/h4-10,13H,1-3H3,(H,27,32)(H,28,31). The van der Waals surface area contributed by atoms with Crippen molar-refractivity contribution in [3.05, 3.63) is 64.6 Å². The molecular weight excluding hydrogens is 479 g/mol. The first-order chi connectivity index (χ1) is 15.4. The van der Waals surface area contributed by atoms with Crippen LogP contribution < -0.4 is 10.6 Å². The summed E-state index contributed by atoms with van der Waals surface area (Å²) in [6.07, 6.45) is 1.17. The minimum Gasteiger partial charge on any atom is -0.323 e. The van der Waals surface area contributed by atoms with Crippen LogP contribution in [0.25, 0.3) is 0 Å². The number of amides is 2. The van der Waals surface area contributed by atoms with Gasteiger partial charge in [-0.2, -0.15) is 18.3 Å². The van der Waals surface area contributed by atoms with E-state index in [-0.39, 0.29) is 22.2 Å². The fraction of sp³-hybridized carbons (Fsp3) is 0.238. The lowest BCUT2D eigenvalue weighted by molar-refractivity contribution is -0.119. The minimum absolute atomic E-state index is 0.137. The van der Waals surface area contributed by atoms with E-state index < -0.39 is 34.2 Å². The number of carbonyl (C=O) groups is 2. The van der Waals surface area contributed by atoms with Crippen LogP contribution in [0.1, 0.15) is 34.7 Å². The monoisotopic (exact) mass is 497 g/mol. The van der Waals surface area contributed by atoms with Crippen LogP contribution in [0, 0.1) is 13.8 Å². The molecule has 0 fully saturated rings. The van der Waals surface area contributed by atoms with Crippen LogP contribution in [-0.4, -0.2) is 32.1 Å². The van der Waals surface area contributed by atoms with E-state index in [0.717, 1.165) is 11.4 Å². The Morgan fingerprint density at radius 1 is 1.15 bits per heavy atom. The van der Waals surface area contributed by atoms with E-state index in [1.54, 1.807) is 11.6 Å². The second kappa shape index (κ2) is 9.84. The molecule has 2 N–H and O–H groups in total. The first-order valence-corrected chi connectivity index (χ1v) is 10.8. The van der Waals surface area contributed by atoms with Crippen LogP contribution in [0.15, 0.2) is 47.6 Å². The topological polar surface area (TPSA) is 88.9 Å². The van der Waals surface area contributed by atoms with Crippen LogP contribution in [0.4, 0.5) is 24.5 Å². The van der Waals surface area contributed by atoms with Gasteiger partial charge in [0.25, 0.3) is 5.91 Å². The smallest absolute Gasteiger partial charge is 0.323 e. The number of anilines is 2. The maximum absolute atomic E-state index is 12.7. The quantitative estimate of drug-likeness (QED) is 0.432. The first-order valence-electron chi connectivity index (χ1n) is 9.60. The zero-order valence-electron chi connectivity index (χ0n) is 17.7. The molecule has 0 saturated heterocycles. The molecule has 0 aliphatic carbocycles. The third-order valence-electron chi connectivity index (χ3n) is 4.50. The molecule has 0 radical (unpaired) electrons. The Morgan fingerprint density at radius 3 is 2.48 bits per heavy atom. The molecule has 12 heteroatoms. The summed E-state index contributed by atoms with van der Waals surface area (Å²) in [5.41, 5.74) is -2.65. The number of alkyl halides is 3. The number of nitrogens with one attached hydrogen (secondary N) is 2. The van der Waals surface area contributed by atoms with E-state index in [9.17, 15) is 22.8 Å². The van der Waals surface area contributed by atoms with Crippen LogP contribution in [-0.2, 0) is 4.79 Å². The number of halogens is 4. The van der Waals surface area contributed by atoms with Gasteiger partial charge < -0.3 is 10.6 Å². The summed E-state index contributed by atoms with van der Waals surface area (Å²) < 4.78 is 39.8. The average Bonchev–Trinajstić information content (AvgIpc) is 3.06. The summed E-state index contributed by atoms with van der Waals surface area (Å²) >= 11 is 5.78. The van der Waals surface area contributed by atoms with Gasteiger partial charge in [-0.05, 0) is 57.2 Å². The van der Waals surface area contributed by atoms with Gasteiger partial charge in [-0.1, -0.05) is 11.6 Å². The predicted molar refractivity (Wildman–Crippen MR) is 121 cm³/mol. The van der Waals surface area contributed by atoms with E-state index in [4.69, 9.17) is 11.6 Å². The Hall–Kier alpha value is -3.05. The molecule has 7 nitrogen and oxygen atoms in total. The lowest BCUT2D eigenvalue weighted by Crippen LogP contribution is -2.25. The van der Waals surface area contributed by atoms with Gasteiger partial charge in [0.15, 0.2) is 0 Å². The summed E-state index contributed by atoms with van der Waals surface area (Å²) in [6, 6.07) is 8.21. The average molecular weight is 498 g/mol. The van der Waals surface area contributed by atoms with Gasteiger partial charge in [0.1, 0.15) is 11.1 Å². The molecule has 1 atom stereocenters. The Labute approximate surface area is 196 Å². The van der Waals surface area contributed by atoms with Gasteiger partial charge >= 0.3 is 5.51 Å². The highest BCUT2D eigenvalue weighted by Gasteiger charge is 2.32. The molecule has 2 amide bonds. The molecule has 33 heavy (non-hydrogen) atoms. The van der Waals surface area contributed by atoms with Gasteiger partial charge in [-0.3, -0.25) is 14.3 Å². The van der Waals surface area contributed by atoms with Crippen molar-refractivity contribution in [3.8, 4) is 0 Å². The van der Waals surface area contributed by atoms with Crippen LogP contribution in [0.2, 0.25) is 5.02 Å². The second-order valence-electron chi connectivity index (χ2n) is 7.09. The molecule has 0 aliphatic rings. The van der Waals surface area contributed by atoms with Crippen molar-refractivity contribution in [2.45, 2.75) is 37.3 Å². The number of carbonyl (C=O) groups excluding carboxylic acids is 2. The van der Waals surface area contributed by atoms with Crippen molar-refractivity contribution >= 4 is 46.6 Å². The summed E-state index contributed by atoms with van der Waals surface area (Å²) in [7, 11) is 0. The van der Waals surface area contributed by atoms with Crippen molar-refractivity contribution in [1.82, 2.24) is 14.8 Å². The highest BCUT2D eigenvalue weighted by atomic mass is 35.5. The number of rotatable bonds is 6. The molecule has 1 unspecified atom stereocenters. The first kappa shape index (κ1) is 24.6. The lowest BCUT2D eigenvalue weighted by Gasteiger charge is -2.16. The van der Waals surface area contributed by atoms with Gasteiger partial charge in [0.05, 0.1) is 22.0 Å². The summed E-state index contributed by atoms with van der Waals surface area (Å²) in [6.45, 7) is 5.37. The number of pyridine rings is 1. The normalized spacial score (nSPS) is 12.3. The molecule has 2 aromatic heterocycles. The van der Waals surface area contributed by atoms with Crippen LogP contribution in [0.3, 0.4) is 0 Å². The van der Waals surface area contributed by atoms with Crippen molar-refractivity contribution < 1.29 is 22.8 Å². The molecule has 3 aromatic rings. The lowest BCUT2D eigenvalue weighted by atomic mass is 10.2. The van der Waals surface area contributed by atoms with Gasteiger partial charge in [-0.25, -0.2) is 4.98 Å². The van der Waals surface area contributed by atoms with E-state index in [0.29, 0.717) is 5.69 Å². The minimum atomic E-state index is -4.59. The second-order valence-corrected chi connectivity index (χ2v) is 8.55. The number of benzene rings is 1. The molecule has 1 aromatic carbocycles. The molecule has 3 rings (SSSR count). The van der Waals surface area contributed by atoms with Gasteiger partial charge in [0, 0.05) is 29.3 Å². The van der Waals surface area contributed by atoms with Gasteiger partial charge in [0.2, 0.25) is 5.91 Å². The fourth-order valence-corrected chi connectivity index (χ4v) is 3.86. The summed E-state index contributed by atoms with van der Waals surface area (Å²) in [5.74, 6) is -1.12. The van der Waals surface area contributed by atoms with Crippen molar-refractivity contribution in [2.75, 3.05) is 10.6 Å².